The molecule has 0 radical (unpaired) electrons. The van der Waals surface area contributed by atoms with Crippen LogP contribution in [0, 0.1) is 0 Å². The van der Waals surface area contributed by atoms with Crippen LogP contribution in [0.4, 0.5) is 4.79 Å². The molecule has 2 N–H and O–H groups in total. The smallest absolute Gasteiger partial charge is 0.318 e. The first-order valence-electron chi connectivity index (χ1n) is 6.75. The molecule has 2 fully saturated rings. The third-order valence-corrected chi connectivity index (χ3v) is 4.04. The molecule has 1 aliphatic heterocycles. The van der Waals surface area contributed by atoms with Crippen LogP contribution in [0.5, 0.6) is 0 Å². The standard InChI is InChI=1S/C13H24N2O2/c1-13(2)8-11(16)9-15(13)12(17)14-10-6-4-3-5-7-10/h10-11,16H,3-9H2,1-2H3,(H,14,17). The second kappa shape index (κ2) is 4.84. The number of urea groups is 1. The summed E-state index contributed by atoms with van der Waals surface area (Å²) in [5, 5.41) is 12.8. The van der Waals surface area contributed by atoms with Crippen LogP contribution < -0.4 is 5.32 Å². The molecule has 0 aromatic rings. The number of likely N-dealkylation sites (tertiary alicyclic amines) is 1. The van der Waals surface area contributed by atoms with Crippen molar-refractivity contribution in [2.45, 2.75) is 70.1 Å². The van der Waals surface area contributed by atoms with E-state index < -0.39 is 0 Å². The average Bonchev–Trinajstić information content (AvgIpc) is 2.53. The summed E-state index contributed by atoms with van der Waals surface area (Å²) in [7, 11) is 0. The lowest BCUT2D eigenvalue weighted by Gasteiger charge is -2.33. The third-order valence-electron chi connectivity index (χ3n) is 4.04. The van der Waals surface area contributed by atoms with E-state index in [4.69, 9.17) is 0 Å². The molecule has 1 unspecified atom stereocenters. The van der Waals surface area contributed by atoms with Crippen LogP contribution in [0.25, 0.3) is 0 Å². The zero-order chi connectivity index (χ0) is 12.5. The maximum absolute atomic E-state index is 12.2. The number of rotatable bonds is 1. The fraction of sp³-hybridized carbons (Fsp3) is 0.923. The zero-order valence-corrected chi connectivity index (χ0v) is 10.9. The molecule has 1 saturated heterocycles. The van der Waals surface area contributed by atoms with Gasteiger partial charge in [0.25, 0.3) is 0 Å². The van der Waals surface area contributed by atoms with Gasteiger partial charge in [0.2, 0.25) is 0 Å². The molecule has 4 nitrogen and oxygen atoms in total. The van der Waals surface area contributed by atoms with Crippen molar-refractivity contribution in [2.24, 2.45) is 0 Å². The second-order valence-corrected chi connectivity index (χ2v) is 6.07. The molecule has 0 bridgehead atoms. The van der Waals surface area contributed by atoms with Crippen LogP contribution in [0.15, 0.2) is 0 Å². The van der Waals surface area contributed by atoms with Gasteiger partial charge in [-0.2, -0.15) is 0 Å². The van der Waals surface area contributed by atoms with Gasteiger partial charge in [0, 0.05) is 18.1 Å². The van der Waals surface area contributed by atoms with E-state index in [1.165, 1.54) is 19.3 Å². The first-order valence-corrected chi connectivity index (χ1v) is 6.75. The van der Waals surface area contributed by atoms with E-state index in [1.807, 2.05) is 13.8 Å². The van der Waals surface area contributed by atoms with Gasteiger partial charge in [0.05, 0.1) is 6.10 Å². The van der Waals surface area contributed by atoms with Crippen molar-refractivity contribution < 1.29 is 9.90 Å². The number of nitrogens with zero attached hydrogens (tertiary/aromatic N) is 1. The Bertz CT molecular complexity index is 285. The molecule has 2 amide bonds. The fourth-order valence-electron chi connectivity index (χ4n) is 3.07. The van der Waals surface area contributed by atoms with Crippen molar-refractivity contribution in [3.8, 4) is 0 Å². The summed E-state index contributed by atoms with van der Waals surface area (Å²) < 4.78 is 0. The van der Waals surface area contributed by atoms with E-state index in [9.17, 15) is 9.90 Å². The van der Waals surface area contributed by atoms with Gasteiger partial charge in [-0.05, 0) is 33.1 Å². The van der Waals surface area contributed by atoms with E-state index in [-0.39, 0.29) is 17.7 Å². The van der Waals surface area contributed by atoms with Gasteiger partial charge in [-0.1, -0.05) is 19.3 Å². The van der Waals surface area contributed by atoms with Gasteiger partial charge in [0.15, 0.2) is 0 Å². The van der Waals surface area contributed by atoms with Gasteiger partial charge in [-0.3, -0.25) is 0 Å². The summed E-state index contributed by atoms with van der Waals surface area (Å²) >= 11 is 0. The average molecular weight is 240 g/mol. The van der Waals surface area contributed by atoms with Crippen molar-refractivity contribution >= 4 is 6.03 Å². The van der Waals surface area contributed by atoms with E-state index >= 15 is 0 Å². The molecule has 0 spiro atoms. The summed E-state index contributed by atoms with van der Waals surface area (Å²) in [5.41, 5.74) is -0.224. The van der Waals surface area contributed by atoms with Gasteiger partial charge >= 0.3 is 6.03 Å². The van der Waals surface area contributed by atoms with E-state index in [0.717, 1.165) is 12.8 Å². The highest BCUT2D eigenvalue weighted by Gasteiger charge is 2.40. The minimum Gasteiger partial charge on any atom is -0.391 e. The van der Waals surface area contributed by atoms with Crippen molar-refractivity contribution in [2.75, 3.05) is 6.54 Å². The zero-order valence-electron chi connectivity index (χ0n) is 10.9. The molecule has 1 atom stereocenters. The van der Waals surface area contributed by atoms with Gasteiger partial charge in [-0.15, -0.1) is 0 Å². The summed E-state index contributed by atoms with van der Waals surface area (Å²) in [4.78, 5) is 14.0. The van der Waals surface area contributed by atoms with Crippen molar-refractivity contribution in [3.05, 3.63) is 0 Å². The van der Waals surface area contributed by atoms with Crippen LogP contribution in [0.3, 0.4) is 0 Å². The van der Waals surface area contributed by atoms with Gasteiger partial charge in [0.1, 0.15) is 0 Å². The first kappa shape index (κ1) is 12.7. The van der Waals surface area contributed by atoms with E-state index in [2.05, 4.69) is 5.32 Å². The molecule has 0 aromatic heterocycles. The van der Waals surface area contributed by atoms with Crippen LogP contribution in [-0.2, 0) is 0 Å². The lowest BCUT2D eigenvalue weighted by molar-refractivity contribution is 0.154. The lowest BCUT2D eigenvalue weighted by Crippen LogP contribution is -2.51. The molecular weight excluding hydrogens is 216 g/mol. The maximum Gasteiger partial charge on any atom is 0.318 e. The Hall–Kier alpha value is -0.770. The number of β-amino-alcohol motifs (C(OH)–C–C–N with tert-alkyl or cyclic N) is 1. The summed E-state index contributed by atoms with van der Waals surface area (Å²) in [5.74, 6) is 0. The molecular formula is C13H24N2O2. The number of carbonyl (C=O) groups excluding carboxylic acids is 1. The van der Waals surface area contributed by atoms with Gasteiger partial charge < -0.3 is 15.3 Å². The fourth-order valence-corrected chi connectivity index (χ4v) is 3.07. The van der Waals surface area contributed by atoms with Gasteiger partial charge in [-0.25, -0.2) is 4.79 Å². The highest BCUT2D eigenvalue weighted by atomic mass is 16.3. The number of hydrogen-bond acceptors (Lipinski definition) is 2. The number of amides is 2. The highest BCUT2D eigenvalue weighted by molar-refractivity contribution is 5.75. The normalized spacial score (nSPS) is 29.4. The second-order valence-electron chi connectivity index (χ2n) is 6.07. The SMILES string of the molecule is CC1(C)CC(O)CN1C(=O)NC1CCCCC1. The Labute approximate surface area is 103 Å². The number of aliphatic hydroxyl groups is 1. The first-order chi connectivity index (χ1) is 7.99. The molecule has 17 heavy (non-hydrogen) atoms. The maximum atomic E-state index is 12.2. The Balaban J connectivity index is 1.91. The molecule has 98 valence electrons. The minimum absolute atomic E-state index is 0.00144. The summed E-state index contributed by atoms with van der Waals surface area (Å²) in [6, 6.07) is 0.336. The summed E-state index contributed by atoms with van der Waals surface area (Å²) in [6.07, 6.45) is 6.23. The number of nitrogens with one attached hydrogen (secondary N) is 1. The highest BCUT2D eigenvalue weighted by Crippen LogP contribution is 2.29. The summed E-state index contributed by atoms with van der Waals surface area (Å²) in [6.45, 7) is 4.50. The molecule has 4 heteroatoms. The number of carbonyl (C=O) groups is 1. The van der Waals surface area contributed by atoms with Crippen LogP contribution in [0.1, 0.15) is 52.4 Å². The lowest BCUT2D eigenvalue weighted by atomic mass is 9.95. The largest absolute Gasteiger partial charge is 0.391 e. The predicted octanol–water partition coefficient (Wildman–Crippen LogP) is 1.87. The predicted molar refractivity (Wildman–Crippen MR) is 66.8 cm³/mol. The molecule has 2 rings (SSSR count). The number of hydrogen-bond donors (Lipinski definition) is 2. The Kier molecular flexibility index (Phi) is 3.61. The topological polar surface area (TPSA) is 52.6 Å². The van der Waals surface area contributed by atoms with Crippen molar-refractivity contribution in [1.82, 2.24) is 10.2 Å². The molecule has 0 aromatic carbocycles. The van der Waals surface area contributed by atoms with Crippen molar-refractivity contribution in [3.63, 3.8) is 0 Å². The van der Waals surface area contributed by atoms with Crippen LogP contribution >= 0.6 is 0 Å². The Morgan fingerprint density at radius 1 is 1.29 bits per heavy atom. The van der Waals surface area contributed by atoms with Crippen molar-refractivity contribution in [1.29, 1.82) is 0 Å². The third kappa shape index (κ3) is 2.92. The Morgan fingerprint density at radius 3 is 2.47 bits per heavy atom. The van der Waals surface area contributed by atoms with E-state index in [0.29, 0.717) is 19.0 Å². The minimum atomic E-state index is -0.373. The quantitative estimate of drug-likeness (QED) is 0.735. The number of aliphatic hydroxyl groups excluding tert-OH is 1. The molecule has 1 heterocycles. The molecule has 2 aliphatic rings. The Morgan fingerprint density at radius 2 is 1.94 bits per heavy atom. The molecule has 1 aliphatic carbocycles. The molecule has 1 saturated carbocycles. The van der Waals surface area contributed by atoms with E-state index in [1.54, 1.807) is 4.90 Å². The monoisotopic (exact) mass is 240 g/mol. The van der Waals surface area contributed by atoms with Crippen LogP contribution in [0.2, 0.25) is 0 Å². The van der Waals surface area contributed by atoms with Crippen LogP contribution in [-0.4, -0.2) is 40.3 Å².